The zero-order valence-corrected chi connectivity index (χ0v) is 5.94. The first kappa shape index (κ1) is 10.0. The van der Waals surface area contributed by atoms with Gasteiger partial charge in [-0.3, -0.25) is 0 Å². The SMILES string of the molecule is [H+].[Na+].[O-]CCC[O-]. The fourth-order valence-electron chi connectivity index (χ4n) is 0.0589. The van der Waals surface area contributed by atoms with Crippen molar-refractivity contribution in [3.63, 3.8) is 0 Å². The van der Waals surface area contributed by atoms with Crippen LogP contribution in [0.5, 0.6) is 0 Å². The van der Waals surface area contributed by atoms with Crippen molar-refractivity contribution in [1.82, 2.24) is 0 Å². The van der Waals surface area contributed by atoms with Gasteiger partial charge >= 0.3 is 31.0 Å². The van der Waals surface area contributed by atoms with E-state index in [1.54, 1.807) is 0 Å². The Labute approximate surface area is 61.0 Å². The molecule has 0 saturated carbocycles. The van der Waals surface area contributed by atoms with Crippen LogP contribution in [-0.4, -0.2) is 13.2 Å². The van der Waals surface area contributed by atoms with Gasteiger partial charge in [-0.15, -0.1) is 13.2 Å². The normalized spacial score (nSPS) is 7.00. The Morgan fingerprint density at radius 2 is 1.50 bits per heavy atom. The van der Waals surface area contributed by atoms with E-state index in [9.17, 15) is 10.2 Å². The molecule has 6 heavy (non-hydrogen) atoms. The molecule has 0 aliphatic heterocycles. The van der Waals surface area contributed by atoms with Crippen LogP contribution < -0.4 is 39.8 Å². The molecule has 0 unspecified atom stereocenters. The van der Waals surface area contributed by atoms with Crippen molar-refractivity contribution in [3.8, 4) is 0 Å². The van der Waals surface area contributed by atoms with E-state index in [4.69, 9.17) is 0 Å². The molecule has 0 aromatic heterocycles. The Kier molecular flexibility index (Phi) is 15.6. The molecule has 0 N–H and O–H groups in total. The monoisotopic (exact) mass is 98.0 g/mol. The van der Waals surface area contributed by atoms with E-state index >= 15 is 0 Å². The van der Waals surface area contributed by atoms with Gasteiger partial charge < -0.3 is 10.2 Å². The first-order chi connectivity index (χ1) is 2.41. The van der Waals surface area contributed by atoms with Crippen molar-refractivity contribution in [2.45, 2.75) is 6.42 Å². The van der Waals surface area contributed by atoms with E-state index in [0.717, 1.165) is 0 Å². The number of hydrogen-bond donors (Lipinski definition) is 0. The summed E-state index contributed by atoms with van der Waals surface area (Å²) in [6, 6.07) is 0. The second-order valence-electron chi connectivity index (χ2n) is 0.762. The van der Waals surface area contributed by atoms with Gasteiger partial charge in [0.25, 0.3) is 0 Å². The van der Waals surface area contributed by atoms with Gasteiger partial charge in [-0.05, 0) is 0 Å². The number of hydrogen-bond acceptors (Lipinski definition) is 2. The van der Waals surface area contributed by atoms with Crippen LogP contribution >= 0.6 is 0 Å². The first-order valence-corrected chi connectivity index (χ1v) is 1.58. The fraction of sp³-hybridized carbons (Fsp3) is 1.00. The second-order valence-corrected chi connectivity index (χ2v) is 0.762. The molecule has 3 heteroatoms. The van der Waals surface area contributed by atoms with Gasteiger partial charge in [-0.25, -0.2) is 0 Å². The van der Waals surface area contributed by atoms with E-state index in [2.05, 4.69) is 0 Å². The molecule has 0 atom stereocenters. The van der Waals surface area contributed by atoms with Gasteiger partial charge in [0.05, 0.1) is 0 Å². The summed E-state index contributed by atoms with van der Waals surface area (Å²) in [4.78, 5) is 0. The van der Waals surface area contributed by atoms with Crippen molar-refractivity contribution < 1.29 is 41.2 Å². The number of rotatable bonds is 2. The summed E-state index contributed by atoms with van der Waals surface area (Å²) < 4.78 is 0. The van der Waals surface area contributed by atoms with Crippen molar-refractivity contribution in [1.29, 1.82) is 0 Å². The third kappa shape index (κ3) is 8.87. The van der Waals surface area contributed by atoms with Crippen LogP contribution in [-0.2, 0) is 0 Å². The van der Waals surface area contributed by atoms with E-state index in [0.29, 0.717) is 0 Å². The van der Waals surface area contributed by atoms with Crippen LogP contribution in [0.2, 0.25) is 0 Å². The van der Waals surface area contributed by atoms with Gasteiger partial charge in [-0.2, -0.15) is 0 Å². The van der Waals surface area contributed by atoms with Crippen LogP contribution in [0.3, 0.4) is 0 Å². The molecule has 0 fully saturated rings. The topological polar surface area (TPSA) is 46.1 Å². The smallest absolute Gasteiger partial charge is 0.854 e. The zero-order chi connectivity index (χ0) is 4.12. The molecule has 0 bridgehead atoms. The molecule has 0 spiro atoms. The quantitative estimate of drug-likeness (QED) is 0.325. The Balaban J connectivity index is -0.0000000800. The van der Waals surface area contributed by atoms with E-state index in [-0.39, 0.29) is 50.6 Å². The van der Waals surface area contributed by atoms with E-state index in [1.807, 2.05) is 0 Å². The Morgan fingerprint density at radius 3 is 1.50 bits per heavy atom. The minimum atomic E-state index is -0.219. The van der Waals surface area contributed by atoms with Crippen molar-refractivity contribution in [2.24, 2.45) is 0 Å². The molecular formula is C3H7NaO2. The largest absolute Gasteiger partial charge is 1.00 e. The molecule has 32 valence electrons. The summed E-state index contributed by atoms with van der Waals surface area (Å²) >= 11 is 0. The Morgan fingerprint density at radius 1 is 1.17 bits per heavy atom. The Bertz CT molecular complexity index is 20.4. The minimum Gasteiger partial charge on any atom is -0.854 e. The molecule has 0 aliphatic carbocycles. The van der Waals surface area contributed by atoms with Crippen LogP contribution in [0.25, 0.3) is 0 Å². The molecule has 0 aliphatic rings. The summed E-state index contributed by atoms with van der Waals surface area (Å²) in [5.41, 5.74) is 0. The predicted octanol–water partition coefficient (Wildman–Crippen LogP) is -4.79. The average molecular weight is 98.1 g/mol. The average Bonchev–Trinajstić information content (AvgIpc) is 1.41. The third-order valence-corrected chi connectivity index (χ3v) is 0.289. The van der Waals surface area contributed by atoms with Gasteiger partial charge in [0, 0.05) is 0 Å². The molecule has 0 aromatic rings. The van der Waals surface area contributed by atoms with Gasteiger partial charge in [-0.1, -0.05) is 6.42 Å². The predicted molar refractivity (Wildman–Crippen MR) is 15.5 cm³/mol. The third-order valence-electron chi connectivity index (χ3n) is 0.289. The summed E-state index contributed by atoms with van der Waals surface area (Å²) in [5, 5.41) is 18.7. The zero-order valence-electron chi connectivity index (χ0n) is 4.94. The molecule has 0 rings (SSSR count). The maximum atomic E-state index is 9.33. The second kappa shape index (κ2) is 9.33. The summed E-state index contributed by atoms with van der Waals surface area (Å²) in [7, 11) is 0. The van der Waals surface area contributed by atoms with Gasteiger partial charge in [0.15, 0.2) is 0 Å². The first-order valence-electron chi connectivity index (χ1n) is 1.58. The van der Waals surface area contributed by atoms with Crippen molar-refractivity contribution in [2.75, 3.05) is 13.2 Å². The van der Waals surface area contributed by atoms with Gasteiger partial charge in [0.2, 0.25) is 0 Å². The standard InChI is InChI=1S/C3H6O2.Na/c4-2-1-3-5;/h1-3H2;/q-2;+1/p+1. The molecule has 0 heterocycles. The minimum absolute atomic E-state index is 0. The maximum Gasteiger partial charge on any atom is 1.00 e. The molecule has 0 aromatic carbocycles. The molecule has 0 amide bonds. The summed E-state index contributed by atoms with van der Waals surface area (Å²) in [5.74, 6) is 0. The molecule has 0 radical (unpaired) electrons. The maximum absolute atomic E-state index is 9.33. The molecular weight excluding hydrogens is 91.0 g/mol. The molecule has 2 nitrogen and oxygen atoms in total. The summed E-state index contributed by atoms with van der Waals surface area (Å²) in [6.45, 7) is -0.438. The van der Waals surface area contributed by atoms with Crippen molar-refractivity contribution >= 4 is 0 Å². The Hall–Kier alpha value is 0.920. The van der Waals surface area contributed by atoms with Crippen molar-refractivity contribution in [3.05, 3.63) is 0 Å². The van der Waals surface area contributed by atoms with E-state index < -0.39 is 0 Å². The molecule has 0 saturated heterocycles. The van der Waals surface area contributed by atoms with Crippen LogP contribution in [0.4, 0.5) is 0 Å². The fourth-order valence-corrected chi connectivity index (χ4v) is 0.0589. The van der Waals surface area contributed by atoms with Crippen LogP contribution in [0, 0.1) is 0 Å². The van der Waals surface area contributed by atoms with Crippen LogP contribution in [0.1, 0.15) is 7.85 Å². The van der Waals surface area contributed by atoms with Crippen LogP contribution in [0.15, 0.2) is 0 Å². The van der Waals surface area contributed by atoms with Gasteiger partial charge in [0.1, 0.15) is 0 Å². The summed E-state index contributed by atoms with van der Waals surface area (Å²) in [6.07, 6.45) is 0.278. The van der Waals surface area contributed by atoms with E-state index in [1.165, 1.54) is 0 Å².